The fourth-order valence-corrected chi connectivity index (χ4v) is 6.42. The number of nitrogens with one attached hydrogen (secondary N) is 2. The van der Waals surface area contributed by atoms with Gasteiger partial charge in [0, 0.05) is 24.5 Å². The van der Waals surface area contributed by atoms with E-state index < -0.39 is 9.84 Å². The molecule has 0 radical (unpaired) electrons. The smallest absolute Gasteiger partial charge is 0.229 e. The Morgan fingerprint density at radius 2 is 1.73 bits per heavy atom. The van der Waals surface area contributed by atoms with Crippen LogP contribution in [0.25, 0.3) is 10.3 Å². The molecule has 0 amide bonds. The topological polar surface area (TPSA) is 100 Å². The minimum atomic E-state index is -3.29. The van der Waals surface area contributed by atoms with Gasteiger partial charge in [-0.15, -0.1) is 0 Å². The van der Waals surface area contributed by atoms with Crippen molar-refractivity contribution >= 4 is 83.0 Å². The molecule has 2 aromatic carbocycles. The van der Waals surface area contributed by atoms with Crippen molar-refractivity contribution in [2.45, 2.75) is 37.6 Å². The lowest BCUT2D eigenvalue weighted by molar-refractivity contribution is 0.487. The van der Waals surface area contributed by atoms with Gasteiger partial charge in [0.1, 0.15) is 5.52 Å². The first-order valence-electron chi connectivity index (χ1n) is 11.8. The summed E-state index contributed by atoms with van der Waals surface area (Å²) in [7, 11) is -3.29. The molecule has 4 aromatic rings. The first-order valence-corrected chi connectivity index (χ1v) is 15.3. The number of rotatable bonds is 7. The number of anilines is 5. The third-order valence-corrected chi connectivity index (χ3v) is 8.94. The minimum Gasteiger partial charge on any atom is -0.338 e. The van der Waals surface area contributed by atoms with Crippen LogP contribution in [0, 0.1) is 5.92 Å². The van der Waals surface area contributed by atoms with E-state index in [1.807, 2.05) is 0 Å². The largest absolute Gasteiger partial charge is 0.338 e. The maximum atomic E-state index is 11.9. The van der Waals surface area contributed by atoms with Gasteiger partial charge >= 0.3 is 0 Å². The highest BCUT2D eigenvalue weighted by atomic mass is 35.5. The van der Waals surface area contributed by atoms with Gasteiger partial charge < -0.3 is 15.5 Å². The molecule has 1 atom stereocenters. The lowest BCUT2D eigenvalue weighted by Gasteiger charge is -2.27. The second kappa shape index (κ2) is 10.2. The number of halogens is 2. The van der Waals surface area contributed by atoms with Crippen LogP contribution in [-0.4, -0.2) is 42.2 Å². The highest BCUT2D eigenvalue weighted by Gasteiger charge is 2.30. The number of hydrogen-bond acceptors (Lipinski definition) is 9. The second-order valence-electron chi connectivity index (χ2n) is 9.34. The number of para-hydroxylation sites is 1. The van der Waals surface area contributed by atoms with Crippen molar-refractivity contribution in [2.75, 3.05) is 28.3 Å². The van der Waals surface area contributed by atoms with Gasteiger partial charge in [-0.2, -0.15) is 9.97 Å². The average Bonchev–Trinajstić information content (AvgIpc) is 3.49. The summed E-state index contributed by atoms with van der Waals surface area (Å²) in [5.41, 5.74) is 1.85. The van der Waals surface area contributed by atoms with Gasteiger partial charge in [0.05, 0.1) is 20.6 Å². The summed E-state index contributed by atoms with van der Waals surface area (Å²) in [5.74, 6) is 1.64. The van der Waals surface area contributed by atoms with E-state index in [9.17, 15) is 8.42 Å². The standard InChI is InChI=1S/C25H26Cl2N6O2S2/c1-14(2)19-8-5-13-33(19)24-31-22(28-15-9-11-16(12-10-15)37(3,34)35)21-23(32-24)36-25(30-21)29-20-17(26)6-4-7-18(20)27/h4,6-7,9-12,14,19H,5,8,13H2,1-3H3,(H,29,30)(H,28,31,32). The number of thiazole rings is 1. The van der Waals surface area contributed by atoms with Gasteiger partial charge in [0.2, 0.25) is 5.95 Å². The number of aromatic nitrogens is 3. The van der Waals surface area contributed by atoms with Gasteiger partial charge in [-0.05, 0) is 55.2 Å². The van der Waals surface area contributed by atoms with E-state index in [0.29, 0.717) is 60.6 Å². The van der Waals surface area contributed by atoms with Crippen LogP contribution in [0.3, 0.4) is 0 Å². The van der Waals surface area contributed by atoms with Gasteiger partial charge in [0.15, 0.2) is 25.6 Å². The molecule has 0 spiro atoms. The minimum absolute atomic E-state index is 0.250. The maximum Gasteiger partial charge on any atom is 0.229 e. The Labute approximate surface area is 230 Å². The first-order chi connectivity index (χ1) is 17.6. The van der Waals surface area contributed by atoms with Crippen molar-refractivity contribution in [2.24, 2.45) is 5.92 Å². The van der Waals surface area contributed by atoms with Crippen LogP contribution in [0.2, 0.25) is 10.0 Å². The average molecular weight is 578 g/mol. The molecule has 1 unspecified atom stereocenters. The van der Waals surface area contributed by atoms with Crippen molar-refractivity contribution in [3.05, 3.63) is 52.5 Å². The highest BCUT2D eigenvalue weighted by molar-refractivity contribution is 7.90. The van der Waals surface area contributed by atoms with E-state index in [4.69, 9.17) is 38.2 Å². The highest BCUT2D eigenvalue weighted by Crippen LogP contribution is 2.38. The number of sulfone groups is 1. The van der Waals surface area contributed by atoms with Crippen molar-refractivity contribution in [3.63, 3.8) is 0 Å². The summed E-state index contributed by atoms with van der Waals surface area (Å²) in [6.07, 6.45) is 3.36. The molecule has 37 heavy (non-hydrogen) atoms. The molecule has 5 rings (SSSR count). The summed E-state index contributed by atoms with van der Waals surface area (Å²) >= 11 is 14.1. The van der Waals surface area contributed by atoms with Crippen molar-refractivity contribution in [1.82, 2.24) is 15.0 Å². The van der Waals surface area contributed by atoms with Crippen LogP contribution < -0.4 is 15.5 Å². The molecule has 1 fully saturated rings. The first kappa shape index (κ1) is 26.0. The molecular formula is C25H26Cl2N6O2S2. The molecule has 0 bridgehead atoms. The molecule has 2 aromatic heterocycles. The van der Waals surface area contributed by atoms with E-state index in [2.05, 4.69) is 29.4 Å². The molecule has 0 aliphatic carbocycles. The lowest BCUT2D eigenvalue weighted by atomic mass is 10.0. The van der Waals surface area contributed by atoms with Crippen LogP contribution in [0.1, 0.15) is 26.7 Å². The molecule has 8 nitrogen and oxygen atoms in total. The fraction of sp³-hybridized carbons (Fsp3) is 0.320. The monoisotopic (exact) mass is 576 g/mol. The van der Waals surface area contributed by atoms with Crippen molar-refractivity contribution in [1.29, 1.82) is 0 Å². The lowest BCUT2D eigenvalue weighted by Crippen LogP contribution is -2.34. The number of hydrogen-bond donors (Lipinski definition) is 2. The Bertz CT molecular complexity index is 1540. The number of nitrogens with zero attached hydrogens (tertiary/aromatic N) is 4. The molecule has 1 aliphatic heterocycles. The summed E-state index contributed by atoms with van der Waals surface area (Å²) in [5, 5.41) is 8.10. The zero-order chi connectivity index (χ0) is 26.3. The maximum absolute atomic E-state index is 11.9. The van der Waals surface area contributed by atoms with Gasteiger partial charge in [-0.25, -0.2) is 13.4 Å². The van der Waals surface area contributed by atoms with Crippen LogP contribution >= 0.6 is 34.5 Å². The Hall–Kier alpha value is -2.66. The zero-order valence-electron chi connectivity index (χ0n) is 20.5. The van der Waals surface area contributed by atoms with Crippen molar-refractivity contribution in [3.8, 4) is 0 Å². The predicted molar refractivity (Wildman–Crippen MR) is 153 cm³/mol. The van der Waals surface area contributed by atoms with E-state index in [1.54, 1.807) is 42.5 Å². The van der Waals surface area contributed by atoms with E-state index in [0.717, 1.165) is 19.4 Å². The third-order valence-electron chi connectivity index (χ3n) is 6.31. The fourth-order valence-electron chi connectivity index (χ4n) is 4.46. The molecule has 194 valence electrons. The van der Waals surface area contributed by atoms with Crippen LogP contribution in [0.15, 0.2) is 47.4 Å². The van der Waals surface area contributed by atoms with Crippen LogP contribution in [0.4, 0.5) is 28.3 Å². The Kier molecular flexibility index (Phi) is 7.19. The molecule has 2 N–H and O–H groups in total. The molecule has 12 heteroatoms. The molecule has 3 heterocycles. The third kappa shape index (κ3) is 5.47. The van der Waals surface area contributed by atoms with Crippen molar-refractivity contribution < 1.29 is 8.42 Å². The van der Waals surface area contributed by atoms with E-state index in [-0.39, 0.29) is 4.90 Å². The molecule has 0 saturated carbocycles. The quantitative estimate of drug-likeness (QED) is 0.245. The normalized spacial score (nSPS) is 16.1. The Morgan fingerprint density at radius 1 is 1.03 bits per heavy atom. The number of fused-ring (bicyclic) bond motifs is 1. The summed E-state index contributed by atoms with van der Waals surface area (Å²) in [4.78, 5) is 17.8. The summed E-state index contributed by atoms with van der Waals surface area (Å²) < 4.78 is 23.7. The van der Waals surface area contributed by atoms with Crippen LogP contribution in [0.5, 0.6) is 0 Å². The van der Waals surface area contributed by atoms with Gasteiger partial charge in [0.25, 0.3) is 0 Å². The van der Waals surface area contributed by atoms with Gasteiger partial charge in [-0.1, -0.05) is 54.5 Å². The summed E-state index contributed by atoms with van der Waals surface area (Å²) in [6, 6.07) is 12.2. The number of benzene rings is 2. The Balaban J connectivity index is 1.57. The SMILES string of the molecule is CC(C)C1CCCN1c1nc(Nc2ccc(S(C)(=O)=O)cc2)c2nc(Nc3c(Cl)cccc3Cl)sc2n1. The molecule has 1 saturated heterocycles. The van der Waals surface area contributed by atoms with Gasteiger partial charge in [-0.3, -0.25) is 0 Å². The summed E-state index contributed by atoms with van der Waals surface area (Å²) in [6.45, 7) is 5.31. The van der Waals surface area contributed by atoms with E-state index >= 15 is 0 Å². The second-order valence-corrected chi connectivity index (χ2v) is 13.1. The predicted octanol–water partition coefficient (Wildman–Crippen LogP) is 6.91. The van der Waals surface area contributed by atoms with Crippen LogP contribution in [-0.2, 0) is 9.84 Å². The van der Waals surface area contributed by atoms with E-state index in [1.165, 1.54) is 17.6 Å². The zero-order valence-corrected chi connectivity index (χ0v) is 23.6. The molecular weight excluding hydrogens is 551 g/mol. The Morgan fingerprint density at radius 3 is 2.38 bits per heavy atom. The molecule has 1 aliphatic rings.